The molecule has 1 saturated heterocycles. The zero-order valence-electron chi connectivity index (χ0n) is 14.2. The lowest BCUT2D eigenvalue weighted by Gasteiger charge is -2.27. The molecule has 1 aliphatic heterocycles. The van der Waals surface area contributed by atoms with Crippen molar-refractivity contribution in [3.05, 3.63) is 53.1 Å². The molecule has 0 N–H and O–H groups in total. The van der Waals surface area contributed by atoms with Crippen molar-refractivity contribution in [2.45, 2.75) is 44.7 Å². The van der Waals surface area contributed by atoms with E-state index in [-0.39, 0.29) is 0 Å². The highest BCUT2D eigenvalue weighted by molar-refractivity contribution is 5.73. The lowest BCUT2D eigenvalue weighted by Crippen LogP contribution is -2.21. The van der Waals surface area contributed by atoms with Crippen LogP contribution in [0.15, 0.2) is 36.4 Å². The predicted octanol–water partition coefficient (Wildman–Crippen LogP) is 5.85. The second kappa shape index (κ2) is 6.40. The summed E-state index contributed by atoms with van der Waals surface area (Å²) in [5.41, 5.74) is 5.46. The molecule has 1 heterocycles. The Morgan fingerprint density at radius 2 is 1.44 bits per heavy atom. The molecule has 0 aromatic heterocycles. The molecule has 25 heavy (non-hydrogen) atoms. The van der Waals surface area contributed by atoms with Gasteiger partial charge in [-0.15, -0.1) is 0 Å². The molecule has 2 aliphatic rings. The highest BCUT2D eigenvalue weighted by atomic mass is 19.4. The summed E-state index contributed by atoms with van der Waals surface area (Å²) in [6.07, 6.45) is 2.78. The SMILES string of the molecule is FC(F)(F)c1ccc(-c2cc3c(c(N4CCCC4)c2)CCCC3)cc1. The minimum atomic E-state index is -4.28. The molecule has 0 atom stereocenters. The molecule has 1 aliphatic carbocycles. The predicted molar refractivity (Wildman–Crippen MR) is 95.0 cm³/mol. The molecule has 4 rings (SSSR count). The molecular formula is C21H22F3N. The van der Waals surface area contributed by atoms with Crippen molar-refractivity contribution in [3.8, 4) is 11.1 Å². The van der Waals surface area contributed by atoms with Gasteiger partial charge in [0.15, 0.2) is 0 Å². The molecule has 0 amide bonds. The molecule has 2 aromatic rings. The summed E-state index contributed by atoms with van der Waals surface area (Å²) >= 11 is 0. The molecule has 0 radical (unpaired) electrons. The van der Waals surface area contributed by atoms with Crippen LogP contribution in [0.4, 0.5) is 18.9 Å². The van der Waals surface area contributed by atoms with Crippen molar-refractivity contribution in [1.29, 1.82) is 0 Å². The van der Waals surface area contributed by atoms with Crippen molar-refractivity contribution in [3.63, 3.8) is 0 Å². The van der Waals surface area contributed by atoms with Crippen LogP contribution in [0.3, 0.4) is 0 Å². The average Bonchev–Trinajstić information content (AvgIpc) is 3.14. The van der Waals surface area contributed by atoms with E-state index in [2.05, 4.69) is 17.0 Å². The van der Waals surface area contributed by atoms with Gasteiger partial charge in [0.25, 0.3) is 0 Å². The van der Waals surface area contributed by atoms with Gasteiger partial charge in [-0.25, -0.2) is 0 Å². The first-order valence-corrected chi connectivity index (χ1v) is 9.11. The molecule has 0 bridgehead atoms. The van der Waals surface area contributed by atoms with Crippen molar-refractivity contribution in [2.24, 2.45) is 0 Å². The van der Waals surface area contributed by atoms with Gasteiger partial charge in [-0.05, 0) is 79.0 Å². The summed E-state index contributed by atoms with van der Waals surface area (Å²) in [5, 5.41) is 0. The third-order valence-electron chi connectivity index (χ3n) is 5.43. The zero-order chi connectivity index (χ0) is 17.4. The van der Waals surface area contributed by atoms with Crippen LogP contribution in [0.5, 0.6) is 0 Å². The first-order valence-electron chi connectivity index (χ1n) is 9.11. The van der Waals surface area contributed by atoms with Gasteiger partial charge in [0.1, 0.15) is 0 Å². The molecular weight excluding hydrogens is 323 g/mol. The minimum Gasteiger partial charge on any atom is -0.371 e. The molecule has 1 nitrogen and oxygen atoms in total. The first-order chi connectivity index (χ1) is 12.0. The number of nitrogens with zero attached hydrogens (tertiary/aromatic N) is 1. The van der Waals surface area contributed by atoms with Crippen LogP contribution in [0.1, 0.15) is 42.4 Å². The van der Waals surface area contributed by atoms with Gasteiger partial charge in [0, 0.05) is 18.8 Å². The van der Waals surface area contributed by atoms with E-state index in [1.165, 1.54) is 54.6 Å². The third-order valence-corrected chi connectivity index (χ3v) is 5.43. The Balaban J connectivity index is 1.75. The summed E-state index contributed by atoms with van der Waals surface area (Å²) in [5.74, 6) is 0. The number of anilines is 1. The van der Waals surface area contributed by atoms with Gasteiger partial charge >= 0.3 is 6.18 Å². The van der Waals surface area contributed by atoms with Crippen molar-refractivity contribution < 1.29 is 13.2 Å². The number of halogens is 3. The molecule has 0 saturated carbocycles. The van der Waals surface area contributed by atoms with Crippen molar-refractivity contribution in [2.75, 3.05) is 18.0 Å². The number of rotatable bonds is 2. The van der Waals surface area contributed by atoms with Gasteiger partial charge in [-0.2, -0.15) is 13.2 Å². The van der Waals surface area contributed by atoms with Gasteiger partial charge in [0.05, 0.1) is 5.56 Å². The fourth-order valence-corrected chi connectivity index (χ4v) is 4.10. The van der Waals surface area contributed by atoms with Gasteiger partial charge in [0.2, 0.25) is 0 Å². The van der Waals surface area contributed by atoms with E-state index in [1.54, 1.807) is 12.1 Å². The maximum atomic E-state index is 12.8. The number of aryl methyl sites for hydroxylation is 1. The Labute approximate surface area is 146 Å². The smallest absolute Gasteiger partial charge is 0.371 e. The third kappa shape index (κ3) is 3.26. The Kier molecular flexibility index (Phi) is 4.22. The minimum absolute atomic E-state index is 0.589. The molecule has 2 aromatic carbocycles. The Morgan fingerprint density at radius 3 is 2.12 bits per heavy atom. The van der Waals surface area contributed by atoms with Gasteiger partial charge in [-0.1, -0.05) is 18.2 Å². The van der Waals surface area contributed by atoms with E-state index in [1.807, 2.05) is 0 Å². The van der Waals surface area contributed by atoms with Crippen molar-refractivity contribution in [1.82, 2.24) is 0 Å². The molecule has 4 heteroatoms. The summed E-state index contributed by atoms with van der Waals surface area (Å²) in [7, 11) is 0. The van der Waals surface area contributed by atoms with E-state index >= 15 is 0 Å². The molecule has 0 spiro atoms. The van der Waals surface area contributed by atoms with Crippen LogP contribution < -0.4 is 4.90 Å². The van der Waals surface area contributed by atoms with Crippen LogP contribution in [-0.4, -0.2) is 13.1 Å². The Bertz CT molecular complexity index is 756. The maximum Gasteiger partial charge on any atom is 0.416 e. The number of alkyl halides is 3. The van der Waals surface area contributed by atoms with E-state index in [4.69, 9.17) is 0 Å². The standard InChI is InChI=1S/C21H22F3N/c22-21(23,24)18-9-7-15(8-10-18)17-13-16-5-1-2-6-19(16)20(14-17)25-11-3-4-12-25/h7-10,13-14H,1-6,11-12H2. The summed E-state index contributed by atoms with van der Waals surface area (Å²) in [6.45, 7) is 2.17. The summed E-state index contributed by atoms with van der Waals surface area (Å²) < 4.78 is 38.4. The van der Waals surface area contributed by atoms with E-state index in [0.29, 0.717) is 0 Å². The van der Waals surface area contributed by atoms with E-state index in [9.17, 15) is 13.2 Å². The number of benzene rings is 2. The lowest BCUT2D eigenvalue weighted by molar-refractivity contribution is -0.137. The topological polar surface area (TPSA) is 3.24 Å². The maximum absolute atomic E-state index is 12.8. The Hall–Kier alpha value is -1.97. The van der Waals surface area contributed by atoms with Crippen molar-refractivity contribution >= 4 is 5.69 Å². The number of hydrogen-bond acceptors (Lipinski definition) is 1. The first kappa shape index (κ1) is 16.5. The van der Waals surface area contributed by atoms with Gasteiger partial charge < -0.3 is 4.90 Å². The molecule has 132 valence electrons. The van der Waals surface area contributed by atoms with Gasteiger partial charge in [-0.3, -0.25) is 0 Å². The van der Waals surface area contributed by atoms with Crippen LogP contribution in [0, 0.1) is 0 Å². The fourth-order valence-electron chi connectivity index (χ4n) is 4.10. The monoisotopic (exact) mass is 345 g/mol. The fraction of sp³-hybridized carbons (Fsp3) is 0.429. The highest BCUT2D eigenvalue weighted by Crippen LogP contribution is 2.37. The van der Waals surface area contributed by atoms with E-state index < -0.39 is 11.7 Å². The van der Waals surface area contributed by atoms with Crippen LogP contribution in [0.25, 0.3) is 11.1 Å². The second-order valence-electron chi connectivity index (χ2n) is 7.11. The highest BCUT2D eigenvalue weighted by Gasteiger charge is 2.30. The summed E-state index contributed by atoms with van der Waals surface area (Å²) in [4.78, 5) is 2.46. The number of hydrogen-bond donors (Lipinski definition) is 0. The molecule has 1 fully saturated rings. The summed E-state index contributed by atoms with van der Waals surface area (Å²) in [6, 6.07) is 9.95. The lowest BCUT2D eigenvalue weighted by atomic mass is 9.87. The zero-order valence-corrected chi connectivity index (χ0v) is 14.2. The van der Waals surface area contributed by atoms with E-state index in [0.717, 1.165) is 37.1 Å². The molecule has 0 unspecified atom stereocenters. The van der Waals surface area contributed by atoms with Crippen LogP contribution in [-0.2, 0) is 19.0 Å². The average molecular weight is 345 g/mol. The normalized spacial score (nSPS) is 17.6. The second-order valence-corrected chi connectivity index (χ2v) is 7.11. The number of fused-ring (bicyclic) bond motifs is 1. The van der Waals surface area contributed by atoms with Crippen LogP contribution >= 0.6 is 0 Å². The Morgan fingerprint density at radius 1 is 0.760 bits per heavy atom. The quantitative estimate of drug-likeness (QED) is 0.660. The van der Waals surface area contributed by atoms with Crippen LogP contribution in [0.2, 0.25) is 0 Å². The largest absolute Gasteiger partial charge is 0.416 e.